The molecule has 0 spiro atoms. The van der Waals surface area contributed by atoms with Crippen molar-refractivity contribution in [1.82, 2.24) is 0 Å². The highest BCUT2D eigenvalue weighted by atomic mass is 16.5. The third kappa shape index (κ3) is 4.65. The lowest BCUT2D eigenvalue weighted by Crippen LogP contribution is -2.50. The van der Waals surface area contributed by atoms with Crippen LogP contribution < -0.4 is 0 Å². The number of phenolic OH excluding ortho intramolecular Hbond substituents is 3. The molecule has 39 heavy (non-hydrogen) atoms. The smallest absolute Gasteiger partial charge is 0.195 e. The van der Waals surface area contributed by atoms with Gasteiger partial charge in [-0.3, -0.25) is 9.59 Å². The molecule has 2 aromatic rings. The lowest BCUT2D eigenvalue weighted by atomic mass is 9.74. The molecule has 214 valence electrons. The minimum atomic E-state index is -1.83. The molecule has 0 radical (unpaired) electrons. The molecular formula is C27H34O12. The van der Waals surface area contributed by atoms with Crippen LogP contribution in [-0.4, -0.2) is 102 Å². The van der Waals surface area contributed by atoms with Crippen molar-refractivity contribution in [3.8, 4) is 17.2 Å². The van der Waals surface area contributed by atoms with Crippen LogP contribution in [0.4, 0.5) is 0 Å². The van der Waals surface area contributed by atoms with E-state index in [1.54, 1.807) is 6.92 Å². The van der Waals surface area contributed by atoms with Crippen LogP contribution in [0.3, 0.4) is 0 Å². The molecule has 1 fully saturated rings. The lowest BCUT2D eigenvalue weighted by Gasteiger charge is -2.37. The summed E-state index contributed by atoms with van der Waals surface area (Å²) >= 11 is 0. The second-order valence-electron chi connectivity index (χ2n) is 10.5. The lowest BCUT2D eigenvalue weighted by molar-refractivity contribution is -0.163. The number of Topliss-reactive ketones (excluding diaryl/α,β-unsaturated/α-hetero) is 2. The zero-order chi connectivity index (χ0) is 29.1. The highest BCUT2D eigenvalue weighted by molar-refractivity contribution is 6.12. The van der Waals surface area contributed by atoms with Gasteiger partial charge in [0, 0.05) is 30.6 Å². The molecule has 1 saturated heterocycles. The van der Waals surface area contributed by atoms with Crippen LogP contribution in [0.2, 0.25) is 0 Å². The van der Waals surface area contributed by atoms with Crippen LogP contribution in [-0.2, 0) is 20.7 Å². The second-order valence-corrected chi connectivity index (χ2v) is 10.5. The molecular weight excluding hydrogens is 516 g/mol. The van der Waals surface area contributed by atoms with Gasteiger partial charge < -0.3 is 50.3 Å². The highest BCUT2D eigenvalue weighted by Gasteiger charge is 2.46. The maximum absolute atomic E-state index is 13.3. The molecule has 1 heterocycles. The van der Waals surface area contributed by atoms with E-state index in [4.69, 9.17) is 9.47 Å². The number of carbonyl (C=O) groups excluding carboxylic acids is 2. The molecule has 1 aliphatic carbocycles. The summed E-state index contributed by atoms with van der Waals surface area (Å²) in [6, 6.07) is 1.42. The third-order valence-corrected chi connectivity index (χ3v) is 7.95. The predicted molar refractivity (Wildman–Crippen MR) is 135 cm³/mol. The van der Waals surface area contributed by atoms with Gasteiger partial charge in [-0.2, -0.15) is 0 Å². The number of aliphatic hydroxyl groups excluding tert-OH is 5. The van der Waals surface area contributed by atoms with Crippen molar-refractivity contribution in [2.24, 2.45) is 5.92 Å². The Morgan fingerprint density at radius 1 is 1.10 bits per heavy atom. The standard InChI is InChI=1S/C27H34O12/c1-8-19(30)17(15-7-14(29)22(33)10(3)39-15)12-5-11-6-13(27(38-4)26(37)21(32)9(2)28)23(34)25(36)16(11)24(35)18(12)20(8)31/h5,9-10,13-15,21-23,27-35H,6-7H2,1-4H3/t9?,10-,13?,14-,15-,21?,22+,23?,27?/m1/s1. The van der Waals surface area contributed by atoms with E-state index in [2.05, 4.69) is 0 Å². The summed E-state index contributed by atoms with van der Waals surface area (Å²) < 4.78 is 11.1. The maximum Gasteiger partial charge on any atom is 0.195 e. The molecule has 4 rings (SSSR count). The van der Waals surface area contributed by atoms with Crippen LogP contribution in [0.25, 0.3) is 10.8 Å². The van der Waals surface area contributed by atoms with Gasteiger partial charge in [-0.25, -0.2) is 0 Å². The first-order valence-corrected chi connectivity index (χ1v) is 12.6. The summed E-state index contributed by atoms with van der Waals surface area (Å²) in [7, 11) is 1.15. The van der Waals surface area contributed by atoms with E-state index < -0.39 is 77.8 Å². The van der Waals surface area contributed by atoms with E-state index in [1.165, 1.54) is 19.9 Å². The quantitative estimate of drug-likeness (QED) is 0.236. The summed E-state index contributed by atoms with van der Waals surface area (Å²) in [6.07, 6.45) is -11.0. The first kappa shape index (κ1) is 29.2. The summed E-state index contributed by atoms with van der Waals surface area (Å²) in [4.78, 5) is 26.1. The van der Waals surface area contributed by atoms with Gasteiger partial charge in [-0.1, -0.05) is 0 Å². The van der Waals surface area contributed by atoms with Crippen molar-refractivity contribution in [2.45, 2.75) is 82.4 Å². The molecule has 0 amide bonds. The number of ketones is 2. The number of methoxy groups -OCH3 is 1. The Labute approximate surface area is 223 Å². The van der Waals surface area contributed by atoms with Gasteiger partial charge in [-0.15, -0.1) is 0 Å². The first-order chi connectivity index (χ1) is 18.2. The number of aliphatic hydroxyl groups is 5. The Hall–Kier alpha value is -2.84. The molecule has 0 aromatic heterocycles. The van der Waals surface area contributed by atoms with Gasteiger partial charge in [0.2, 0.25) is 0 Å². The number of hydrogen-bond donors (Lipinski definition) is 8. The van der Waals surface area contributed by atoms with Crippen molar-refractivity contribution >= 4 is 22.3 Å². The molecule has 8 N–H and O–H groups in total. The molecule has 2 aliphatic rings. The van der Waals surface area contributed by atoms with Crippen molar-refractivity contribution in [1.29, 1.82) is 0 Å². The highest BCUT2D eigenvalue weighted by Crippen LogP contribution is 2.51. The van der Waals surface area contributed by atoms with Crippen LogP contribution in [0.5, 0.6) is 17.2 Å². The average Bonchev–Trinajstić information content (AvgIpc) is 2.88. The molecule has 12 heteroatoms. The summed E-state index contributed by atoms with van der Waals surface area (Å²) in [5.74, 6) is -4.63. The number of aromatic hydroxyl groups is 3. The fraction of sp³-hybridized carbons (Fsp3) is 0.556. The van der Waals surface area contributed by atoms with Crippen LogP contribution in [0, 0.1) is 12.8 Å². The number of phenols is 3. The van der Waals surface area contributed by atoms with E-state index in [-0.39, 0.29) is 51.6 Å². The minimum Gasteiger partial charge on any atom is -0.507 e. The maximum atomic E-state index is 13.3. The molecule has 1 aliphatic heterocycles. The van der Waals surface area contributed by atoms with E-state index in [0.29, 0.717) is 0 Å². The van der Waals surface area contributed by atoms with Crippen molar-refractivity contribution in [3.05, 3.63) is 28.3 Å². The number of benzene rings is 2. The molecule has 12 nitrogen and oxygen atoms in total. The number of hydrogen-bond acceptors (Lipinski definition) is 12. The Morgan fingerprint density at radius 3 is 2.31 bits per heavy atom. The summed E-state index contributed by atoms with van der Waals surface area (Å²) in [5.41, 5.74) is -0.0435. The van der Waals surface area contributed by atoms with Crippen molar-refractivity contribution in [3.63, 3.8) is 0 Å². The van der Waals surface area contributed by atoms with E-state index in [0.717, 1.165) is 7.11 Å². The average molecular weight is 551 g/mol. The second kappa shape index (κ2) is 10.6. The van der Waals surface area contributed by atoms with E-state index in [9.17, 15) is 50.4 Å². The number of carbonyl (C=O) groups is 2. The SMILES string of the molecule is COC(C(=O)C(O)C(C)O)C1Cc2cc3c([C@H]4C[C@@H](O)[C@@H](O)[C@@H](C)O4)c(O)c(C)c(O)c3c(O)c2C(=O)C1O. The Balaban J connectivity index is 1.91. The number of rotatable bonds is 6. The monoisotopic (exact) mass is 550 g/mol. The first-order valence-electron chi connectivity index (χ1n) is 12.6. The van der Waals surface area contributed by atoms with Gasteiger partial charge >= 0.3 is 0 Å². The van der Waals surface area contributed by atoms with Crippen molar-refractivity contribution in [2.75, 3.05) is 7.11 Å². The number of ether oxygens (including phenoxy) is 2. The molecule has 9 atom stereocenters. The van der Waals surface area contributed by atoms with Gasteiger partial charge in [0.1, 0.15) is 41.7 Å². The zero-order valence-corrected chi connectivity index (χ0v) is 21.9. The fourth-order valence-corrected chi connectivity index (χ4v) is 5.71. The van der Waals surface area contributed by atoms with E-state index in [1.807, 2.05) is 0 Å². The van der Waals surface area contributed by atoms with Crippen LogP contribution in [0.15, 0.2) is 6.07 Å². The Kier molecular flexibility index (Phi) is 7.94. The topological polar surface area (TPSA) is 214 Å². The molecule has 0 bridgehead atoms. The third-order valence-electron chi connectivity index (χ3n) is 7.95. The largest absolute Gasteiger partial charge is 0.507 e. The van der Waals surface area contributed by atoms with Gasteiger partial charge in [0.15, 0.2) is 11.6 Å². The zero-order valence-electron chi connectivity index (χ0n) is 21.9. The van der Waals surface area contributed by atoms with Crippen LogP contribution >= 0.6 is 0 Å². The summed E-state index contributed by atoms with van der Waals surface area (Å²) in [6.45, 7) is 4.13. The van der Waals surface area contributed by atoms with Gasteiger partial charge in [0.05, 0.1) is 35.4 Å². The summed E-state index contributed by atoms with van der Waals surface area (Å²) in [5, 5.41) is 84.1. The molecule has 2 aromatic carbocycles. The van der Waals surface area contributed by atoms with E-state index >= 15 is 0 Å². The predicted octanol–water partition coefficient (Wildman–Crippen LogP) is -0.122. The van der Waals surface area contributed by atoms with Gasteiger partial charge in [0.25, 0.3) is 0 Å². The Morgan fingerprint density at radius 2 is 1.74 bits per heavy atom. The minimum absolute atomic E-state index is 0.0246. The Bertz CT molecular complexity index is 1290. The number of fused-ring (bicyclic) bond motifs is 2. The molecule has 0 saturated carbocycles. The van der Waals surface area contributed by atoms with Crippen LogP contribution in [0.1, 0.15) is 53.4 Å². The molecule has 5 unspecified atom stereocenters. The normalized spacial score (nSPS) is 29.6. The van der Waals surface area contributed by atoms with Crippen molar-refractivity contribution < 1.29 is 59.9 Å². The van der Waals surface area contributed by atoms with Gasteiger partial charge in [-0.05, 0) is 44.2 Å². The fourth-order valence-electron chi connectivity index (χ4n) is 5.71.